The van der Waals surface area contributed by atoms with E-state index in [1.54, 1.807) is 30.3 Å². The molecule has 2 N–H and O–H groups in total. The zero-order valence-corrected chi connectivity index (χ0v) is 20.0. The van der Waals surface area contributed by atoms with Crippen LogP contribution in [-0.2, 0) is 4.79 Å². The molecule has 0 aliphatic carbocycles. The van der Waals surface area contributed by atoms with Crippen LogP contribution in [0.2, 0.25) is 5.02 Å². The minimum Gasteiger partial charge on any atom is -0.493 e. The Morgan fingerprint density at radius 2 is 1.91 bits per heavy atom. The van der Waals surface area contributed by atoms with E-state index in [0.29, 0.717) is 37.7 Å². The summed E-state index contributed by atoms with van der Waals surface area (Å²) >= 11 is 7.17. The molecule has 0 fully saturated rings. The average molecular weight is 504 g/mol. The number of nitrogens with zero attached hydrogens (tertiary/aromatic N) is 4. The predicted molar refractivity (Wildman–Crippen MR) is 137 cm³/mol. The monoisotopic (exact) mass is 503 g/mol. The van der Waals surface area contributed by atoms with Gasteiger partial charge in [-0.25, -0.2) is 4.98 Å². The lowest BCUT2D eigenvalue weighted by molar-refractivity contribution is -0.115. The normalized spacial score (nSPS) is 11.6. The highest BCUT2D eigenvalue weighted by molar-refractivity contribution is 7.99. The van der Waals surface area contributed by atoms with E-state index >= 15 is 0 Å². The second-order valence-corrected chi connectivity index (χ2v) is 9.16. The fourth-order valence-corrected chi connectivity index (χ4v) is 4.64. The van der Waals surface area contributed by atoms with Crippen LogP contribution in [0.1, 0.15) is 5.56 Å². The Hall–Kier alpha value is -3.95. The van der Waals surface area contributed by atoms with E-state index in [1.165, 1.54) is 4.57 Å². The van der Waals surface area contributed by atoms with Crippen molar-refractivity contribution >= 4 is 56.8 Å². The van der Waals surface area contributed by atoms with Crippen LogP contribution >= 0.6 is 23.4 Å². The number of aromatic nitrogens is 3. The van der Waals surface area contributed by atoms with Crippen LogP contribution in [0.15, 0.2) is 86.9 Å². The van der Waals surface area contributed by atoms with Crippen molar-refractivity contribution in [1.82, 2.24) is 14.5 Å². The van der Waals surface area contributed by atoms with Crippen molar-refractivity contribution in [2.24, 2.45) is 10.2 Å². The van der Waals surface area contributed by atoms with Gasteiger partial charge >= 0.3 is 0 Å². The first-order valence-corrected chi connectivity index (χ1v) is 11.9. The Labute approximate surface area is 208 Å². The van der Waals surface area contributed by atoms with Gasteiger partial charge in [-0.05, 0) is 49.4 Å². The molecule has 5 rings (SSSR count). The highest BCUT2D eigenvalue weighted by atomic mass is 35.5. The zero-order valence-electron chi connectivity index (χ0n) is 18.4. The number of nitrogens with one attached hydrogen (secondary N) is 1. The number of benzene rings is 3. The van der Waals surface area contributed by atoms with Gasteiger partial charge in [0.15, 0.2) is 10.8 Å². The SMILES string of the molecule is Cc1ccc2[nH]c(O)c(N=NC(=O)CSc3nc4ccc(Cl)cc4c(=O)n3-c3ccccc3)c2c1. The van der Waals surface area contributed by atoms with Crippen molar-refractivity contribution in [3.8, 4) is 11.6 Å². The van der Waals surface area contributed by atoms with E-state index in [2.05, 4.69) is 20.2 Å². The van der Waals surface area contributed by atoms with Crippen molar-refractivity contribution in [2.75, 3.05) is 5.75 Å². The number of hydrogen-bond donors (Lipinski definition) is 2. The number of carbonyl (C=O) groups excluding carboxylic acids is 1. The molecule has 3 aromatic carbocycles. The molecule has 0 atom stereocenters. The molecule has 2 heterocycles. The lowest BCUT2D eigenvalue weighted by Gasteiger charge is -2.12. The summed E-state index contributed by atoms with van der Waals surface area (Å²) in [6, 6.07) is 19.5. The van der Waals surface area contributed by atoms with E-state index < -0.39 is 5.91 Å². The summed E-state index contributed by atoms with van der Waals surface area (Å²) in [7, 11) is 0. The largest absolute Gasteiger partial charge is 0.493 e. The molecule has 2 aromatic heterocycles. The standard InChI is InChI=1S/C25H18ClN5O3S/c1-14-7-9-19-17(11-14)22(23(33)27-19)30-29-21(32)13-35-25-28-20-10-8-15(26)12-18(20)24(34)31(25)16-5-3-2-4-6-16/h2-12,27,33H,13H2,1H3. The van der Waals surface area contributed by atoms with Crippen LogP contribution < -0.4 is 5.56 Å². The van der Waals surface area contributed by atoms with Crippen LogP contribution in [0.4, 0.5) is 5.69 Å². The van der Waals surface area contributed by atoms with E-state index in [9.17, 15) is 14.7 Å². The number of aromatic hydroxyl groups is 1. The predicted octanol–water partition coefficient (Wildman–Crippen LogP) is 5.94. The molecule has 0 aliphatic rings. The van der Waals surface area contributed by atoms with E-state index in [4.69, 9.17) is 11.6 Å². The fourth-order valence-electron chi connectivity index (χ4n) is 3.68. The Morgan fingerprint density at radius 3 is 2.71 bits per heavy atom. The topological polar surface area (TPSA) is 113 Å². The number of aryl methyl sites for hydroxylation is 1. The number of hydrogen-bond acceptors (Lipinski definition) is 6. The lowest BCUT2D eigenvalue weighted by atomic mass is 10.2. The van der Waals surface area contributed by atoms with E-state index in [-0.39, 0.29) is 22.9 Å². The zero-order chi connectivity index (χ0) is 24.5. The van der Waals surface area contributed by atoms with Gasteiger partial charge in [0.05, 0.1) is 27.9 Å². The van der Waals surface area contributed by atoms with Gasteiger partial charge in [-0.2, -0.15) is 0 Å². The number of halogens is 1. The number of fused-ring (bicyclic) bond motifs is 2. The molecular formula is C25H18ClN5O3S. The van der Waals surface area contributed by atoms with Crippen LogP contribution in [-0.4, -0.2) is 31.3 Å². The molecule has 0 radical (unpaired) electrons. The van der Waals surface area contributed by atoms with Gasteiger partial charge in [0.2, 0.25) is 5.88 Å². The van der Waals surface area contributed by atoms with Crippen molar-refractivity contribution in [3.05, 3.63) is 87.7 Å². The minimum absolute atomic E-state index is 0.107. The van der Waals surface area contributed by atoms with Crippen LogP contribution in [0.3, 0.4) is 0 Å². The molecular weight excluding hydrogens is 486 g/mol. The smallest absolute Gasteiger partial charge is 0.275 e. The number of azo groups is 1. The Morgan fingerprint density at radius 1 is 1.11 bits per heavy atom. The number of amides is 1. The van der Waals surface area contributed by atoms with Gasteiger partial charge in [-0.15, -0.1) is 10.2 Å². The first kappa shape index (κ1) is 22.8. The third-order valence-electron chi connectivity index (χ3n) is 5.31. The summed E-state index contributed by atoms with van der Waals surface area (Å²) in [6.07, 6.45) is 0. The Kier molecular flexibility index (Phi) is 6.10. The van der Waals surface area contributed by atoms with Gasteiger partial charge < -0.3 is 10.1 Å². The molecule has 1 amide bonds. The highest BCUT2D eigenvalue weighted by Crippen LogP contribution is 2.36. The summed E-state index contributed by atoms with van der Waals surface area (Å²) in [5.41, 5.74) is 2.67. The number of rotatable bonds is 5. The molecule has 0 bridgehead atoms. The molecule has 0 saturated carbocycles. The summed E-state index contributed by atoms with van der Waals surface area (Å²) in [4.78, 5) is 33.3. The van der Waals surface area contributed by atoms with Crippen LogP contribution in [0.5, 0.6) is 5.88 Å². The van der Waals surface area contributed by atoms with Crippen molar-refractivity contribution in [1.29, 1.82) is 0 Å². The van der Waals surface area contributed by atoms with Crippen molar-refractivity contribution < 1.29 is 9.90 Å². The van der Waals surface area contributed by atoms with Gasteiger partial charge in [0, 0.05) is 10.4 Å². The van der Waals surface area contributed by atoms with Gasteiger partial charge in [0.1, 0.15) is 0 Å². The van der Waals surface area contributed by atoms with E-state index in [0.717, 1.165) is 17.3 Å². The molecule has 10 heteroatoms. The summed E-state index contributed by atoms with van der Waals surface area (Å²) < 4.78 is 1.45. The second-order valence-electron chi connectivity index (χ2n) is 7.79. The van der Waals surface area contributed by atoms with E-state index in [1.807, 2.05) is 43.3 Å². The molecule has 5 aromatic rings. The maximum atomic E-state index is 13.3. The fraction of sp³-hybridized carbons (Fsp3) is 0.0800. The molecule has 0 spiro atoms. The van der Waals surface area contributed by atoms with Crippen LogP contribution in [0.25, 0.3) is 27.5 Å². The number of H-pyrrole nitrogens is 1. The Balaban J connectivity index is 1.46. The summed E-state index contributed by atoms with van der Waals surface area (Å²) in [5.74, 6) is -0.812. The molecule has 8 nitrogen and oxygen atoms in total. The minimum atomic E-state index is -0.540. The summed E-state index contributed by atoms with van der Waals surface area (Å²) in [6.45, 7) is 1.92. The van der Waals surface area contributed by atoms with Gasteiger partial charge in [-0.3, -0.25) is 14.2 Å². The quantitative estimate of drug-likeness (QED) is 0.175. The number of thioether (sulfide) groups is 1. The molecule has 174 valence electrons. The highest BCUT2D eigenvalue weighted by Gasteiger charge is 2.16. The third-order valence-corrected chi connectivity index (χ3v) is 6.47. The number of aromatic amines is 1. The lowest BCUT2D eigenvalue weighted by Crippen LogP contribution is -2.22. The molecule has 35 heavy (non-hydrogen) atoms. The maximum absolute atomic E-state index is 13.3. The molecule has 0 unspecified atom stereocenters. The molecule has 0 saturated heterocycles. The number of carbonyl (C=O) groups is 1. The third kappa shape index (κ3) is 4.55. The Bertz CT molecular complexity index is 1680. The summed E-state index contributed by atoms with van der Waals surface area (Å²) in [5, 5.41) is 19.7. The van der Waals surface area contributed by atoms with Gasteiger partial charge in [0.25, 0.3) is 11.5 Å². The van der Waals surface area contributed by atoms with Gasteiger partial charge in [-0.1, -0.05) is 53.2 Å². The van der Waals surface area contributed by atoms with Crippen LogP contribution in [0, 0.1) is 6.92 Å². The van der Waals surface area contributed by atoms with Crippen molar-refractivity contribution in [3.63, 3.8) is 0 Å². The average Bonchev–Trinajstić information content (AvgIpc) is 3.16. The molecule has 0 aliphatic heterocycles. The first-order valence-electron chi connectivity index (χ1n) is 10.6. The maximum Gasteiger partial charge on any atom is 0.275 e. The second kappa shape index (κ2) is 9.36. The van der Waals surface area contributed by atoms with Crippen molar-refractivity contribution in [2.45, 2.75) is 12.1 Å². The first-order chi connectivity index (χ1) is 16.9. The number of para-hydroxylation sites is 1.